The summed E-state index contributed by atoms with van der Waals surface area (Å²) in [5, 5.41) is 0.775. The number of allylic oxidation sites excluding steroid dienone is 1. The summed E-state index contributed by atoms with van der Waals surface area (Å²) in [4.78, 5) is 19.7. The maximum absolute atomic E-state index is 12.9. The van der Waals surface area contributed by atoms with Gasteiger partial charge in [0.1, 0.15) is 23.0 Å². The molecule has 0 saturated carbocycles. The fraction of sp³-hybridized carbons (Fsp3) is 0.238. The molecule has 0 unspecified atom stereocenters. The normalized spacial score (nSPS) is 14.8. The maximum atomic E-state index is 12.9. The highest BCUT2D eigenvalue weighted by atomic mass is 32.1. The van der Waals surface area contributed by atoms with Crippen molar-refractivity contribution in [3.63, 3.8) is 0 Å². The van der Waals surface area contributed by atoms with Crippen molar-refractivity contribution < 1.29 is 4.74 Å². The largest absolute Gasteiger partial charge is 0.490 e. The molecule has 0 saturated heterocycles. The molecule has 0 fully saturated rings. The predicted octanol–water partition coefficient (Wildman–Crippen LogP) is 4.58. The molecule has 0 N–H and O–H groups in total. The first-order valence-electron chi connectivity index (χ1n) is 8.63. The van der Waals surface area contributed by atoms with Crippen LogP contribution in [0.1, 0.15) is 28.2 Å². The highest BCUT2D eigenvalue weighted by molar-refractivity contribution is 7.18. The van der Waals surface area contributed by atoms with Crippen molar-refractivity contribution in [3.8, 4) is 5.75 Å². The number of fused-ring (bicyclic) bond motifs is 2. The Morgan fingerprint density at radius 3 is 3.04 bits per heavy atom. The molecule has 0 bridgehead atoms. The number of hydrogen-bond donors (Lipinski definition) is 0. The Kier molecular flexibility index (Phi) is 4.24. The van der Waals surface area contributed by atoms with Gasteiger partial charge >= 0.3 is 0 Å². The van der Waals surface area contributed by atoms with E-state index in [0.29, 0.717) is 13.2 Å². The van der Waals surface area contributed by atoms with Crippen LogP contribution in [0.4, 0.5) is 0 Å². The number of ether oxygens (including phenoxy) is 1. The molecule has 3 aromatic rings. The van der Waals surface area contributed by atoms with Crippen LogP contribution in [-0.4, -0.2) is 16.2 Å². The molecule has 0 atom stereocenters. The van der Waals surface area contributed by atoms with Crippen LogP contribution in [0.3, 0.4) is 0 Å². The zero-order valence-electron chi connectivity index (χ0n) is 14.9. The first kappa shape index (κ1) is 16.8. The summed E-state index contributed by atoms with van der Waals surface area (Å²) in [6, 6.07) is 7.93. The minimum atomic E-state index is 0.0818. The van der Waals surface area contributed by atoms with Gasteiger partial charge in [-0.15, -0.1) is 11.3 Å². The number of hydrogen-bond acceptors (Lipinski definition) is 4. The van der Waals surface area contributed by atoms with Gasteiger partial charge in [0.25, 0.3) is 5.56 Å². The van der Waals surface area contributed by atoms with Gasteiger partial charge in [-0.1, -0.05) is 24.8 Å². The second-order valence-corrected chi connectivity index (χ2v) is 7.65. The van der Waals surface area contributed by atoms with Crippen LogP contribution in [0.15, 0.2) is 41.7 Å². The number of benzene rings is 1. The molecular formula is C21H20N2O2S. The minimum Gasteiger partial charge on any atom is -0.490 e. The highest BCUT2D eigenvalue weighted by Crippen LogP contribution is 2.32. The van der Waals surface area contributed by atoms with E-state index in [9.17, 15) is 4.79 Å². The summed E-state index contributed by atoms with van der Waals surface area (Å²) in [7, 11) is 0. The van der Waals surface area contributed by atoms with Crippen LogP contribution >= 0.6 is 11.3 Å². The lowest BCUT2D eigenvalue weighted by Crippen LogP contribution is -2.20. The molecule has 0 radical (unpaired) electrons. The smallest absolute Gasteiger partial charge is 0.262 e. The van der Waals surface area contributed by atoms with Crippen molar-refractivity contribution in [2.24, 2.45) is 0 Å². The Hall–Kier alpha value is -2.66. The molecule has 1 aromatic carbocycles. The van der Waals surface area contributed by atoms with Gasteiger partial charge in [-0.05, 0) is 55.2 Å². The lowest BCUT2D eigenvalue weighted by atomic mass is 10.1. The Balaban J connectivity index is 1.78. The molecule has 0 aliphatic carbocycles. The second kappa shape index (κ2) is 6.57. The van der Waals surface area contributed by atoms with E-state index in [0.717, 1.165) is 49.8 Å². The van der Waals surface area contributed by atoms with E-state index in [1.54, 1.807) is 17.4 Å². The summed E-state index contributed by atoms with van der Waals surface area (Å²) >= 11 is 1.60. The summed E-state index contributed by atoms with van der Waals surface area (Å²) in [6.07, 6.45) is 4.64. The van der Waals surface area contributed by atoms with E-state index in [-0.39, 0.29) is 5.56 Å². The first-order chi connectivity index (χ1) is 12.6. The molecule has 26 heavy (non-hydrogen) atoms. The first-order valence-corrected chi connectivity index (χ1v) is 9.45. The zero-order valence-corrected chi connectivity index (χ0v) is 15.7. The van der Waals surface area contributed by atoms with E-state index in [1.165, 1.54) is 0 Å². The van der Waals surface area contributed by atoms with E-state index < -0.39 is 0 Å². The van der Waals surface area contributed by atoms with E-state index in [2.05, 4.69) is 12.7 Å². The standard InChI is InChI=1S/C21H20N2O2S/c1-4-10-25-17-7-5-6-15(12-17)11-16-8-9-23-19(16)22-20-18(21(23)24)13(2)14(3)26-20/h4-7,11-12H,1,8-10H2,2-3H3/b16-11-. The van der Waals surface area contributed by atoms with Crippen molar-refractivity contribution in [3.05, 3.63) is 69.1 Å². The fourth-order valence-electron chi connectivity index (χ4n) is 3.31. The van der Waals surface area contributed by atoms with Crippen LogP contribution in [0, 0.1) is 13.8 Å². The lowest BCUT2D eigenvalue weighted by Gasteiger charge is -2.05. The molecule has 3 heterocycles. The van der Waals surface area contributed by atoms with Crippen molar-refractivity contribution in [2.45, 2.75) is 26.8 Å². The molecule has 0 amide bonds. The average Bonchev–Trinajstić information content (AvgIpc) is 3.15. The quantitative estimate of drug-likeness (QED) is 0.636. The van der Waals surface area contributed by atoms with Crippen molar-refractivity contribution in [1.82, 2.24) is 9.55 Å². The summed E-state index contributed by atoms with van der Waals surface area (Å²) in [5.41, 5.74) is 3.28. The van der Waals surface area contributed by atoms with Crippen LogP contribution in [0.5, 0.6) is 5.75 Å². The molecule has 4 nitrogen and oxygen atoms in total. The van der Waals surface area contributed by atoms with E-state index in [4.69, 9.17) is 9.72 Å². The Morgan fingerprint density at radius 2 is 2.23 bits per heavy atom. The number of thiophene rings is 1. The van der Waals surface area contributed by atoms with Gasteiger partial charge in [-0.3, -0.25) is 9.36 Å². The number of aromatic nitrogens is 2. The van der Waals surface area contributed by atoms with Gasteiger partial charge in [0.2, 0.25) is 0 Å². The maximum Gasteiger partial charge on any atom is 0.262 e. The molecule has 5 heteroatoms. The van der Waals surface area contributed by atoms with E-state index >= 15 is 0 Å². The Bertz CT molecular complexity index is 1110. The third-order valence-electron chi connectivity index (χ3n) is 4.75. The van der Waals surface area contributed by atoms with Crippen LogP contribution in [0.2, 0.25) is 0 Å². The lowest BCUT2D eigenvalue weighted by molar-refractivity contribution is 0.363. The predicted molar refractivity (Wildman–Crippen MR) is 108 cm³/mol. The van der Waals surface area contributed by atoms with Gasteiger partial charge < -0.3 is 4.74 Å². The number of nitrogens with zero attached hydrogens (tertiary/aromatic N) is 2. The Morgan fingerprint density at radius 1 is 1.38 bits per heavy atom. The SMILES string of the molecule is C=CCOc1cccc(/C=C2/CCn3c2nc2sc(C)c(C)c2c3=O)c1. The van der Waals surface area contributed by atoms with Gasteiger partial charge in [0.15, 0.2) is 0 Å². The summed E-state index contributed by atoms with van der Waals surface area (Å²) < 4.78 is 7.42. The van der Waals surface area contributed by atoms with Crippen LogP contribution in [-0.2, 0) is 6.54 Å². The molecule has 0 spiro atoms. The average molecular weight is 364 g/mol. The molecule has 1 aliphatic heterocycles. The topological polar surface area (TPSA) is 44.1 Å². The fourth-order valence-corrected chi connectivity index (χ4v) is 4.33. The van der Waals surface area contributed by atoms with Crippen molar-refractivity contribution in [1.29, 1.82) is 0 Å². The number of aryl methyl sites for hydroxylation is 2. The number of rotatable bonds is 4. The van der Waals surface area contributed by atoms with E-state index in [1.807, 2.05) is 42.7 Å². The van der Waals surface area contributed by atoms with Gasteiger partial charge in [-0.25, -0.2) is 4.98 Å². The molecule has 2 aromatic heterocycles. The summed E-state index contributed by atoms with van der Waals surface area (Å²) in [6.45, 7) is 8.88. The Labute approximate surface area is 156 Å². The second-order valence-electron chi connectivity index (χ2n) is 6.45. The third-order valence-corrected chi connectivity index (χ3v) is 5.85. The van der Waals surface area contributed by atoms with Crippen molar-refractivity contribution in [2.75, 3.05) is 6.61 Å². The third kappa shape index (κ3) is 2.78. The van der Waals surface area contributed by atoms with Gasteiger partial charge in [0.05, 0.1) is 5.39 Å². The van der Waals surface area contributed by atoms with Crippen LogP contribution < -0.4 is 10.3 Å². The van der Waals surface area contributed by atoms with Crippen LogP contribution in [0.25, 0.3) is 21.9 Å². The minimum absolute atomic E-state index is 0.0818. The molecule has 4 rings (SSSR count). The van der Waals surface area contributed by atoms with Crippen molar-refractivity contribution >= 4 is 33.2 Å². The summed E-state index contributed by atoms with van der Waals surface area (Å²) in [5.74, 6) is 1.60. The molecule has 1 aliphatic rings. The monoisotopic (exact) mass is 364 g/mol. The van der Waals surface area contributed by atoms with Gasteiger partial charge in [0, 0.05) is 11.4 Å². The van der Waals surface area contributed by atoms with Gasteiger partial charge in [-0.2, -0.15) is 0 Å². The molecule has 132 valence electrons. The molecular weight excluding hydrogens is 344 g/mol. The zero-order chi connectivity index (χ0) is 18.3. The highest BCUT2D eigenvalue weighted by Gasteiger charge is 2.23.